The topological polar surface area (TPSA) is 50.3 Å². The molecule has 0 spiro atoms. The zero-order valence-corrected chi connectivity index (χ0v) is 14.4. The van der Waals surface area contributed by atoms with Gasteiger partial charge in [0.2, 0.25) is 11.8 Å². The van der Waals surface area contributed by atoms with Gasteiger partial charge in [0.15, 0.2) is 0 Å². The molecule has 2 aromatic rings. The molecule has 0 radical (unpaired) electrons. The highest BCUT2D eigenvalue weighted by molar-refractivity contribution is 6.22. The van der Waals surface area contributed by atoms with Crippen LogP contribution in [0.3, 0.4) is 0 Å². The van der Waals surface area contributed by atoms with E-state index in [4.69, 9.17) is 0 Å². The first-order valence-electron chi connectivity index (χ1n) is 8.99. The van der Waals surface area contributed by atoms with Gasteiger partial charge in [-0.25, -0.2) is 0 Å². The summed E-state index contributed by atoms with van der Waals surface area (Å²) in [5.41, 5.74) is 3.05. The summed E-state index contributed by atoms with van der Waals surface area (Å²) >= 11 is 0. The predicted molar refractivity (Wildman–Crippen MR) is 96.0 cm³/mol. The maximum atomic E-state index is 12.8. The Bertz CT molecular complexity index is 785. The molecule has 128 valence electrons. The molecule has 4 nitrogen and oxygen atoms in total. The number of aromatic nitrogens is 1. The fourth-order valence-electron chi connectivity index (χ4n) is 4.14. The van der Waals surface area contributed by atoms with Gasteiger partial charge in [-0.15, -0.1) is 0 Å². The van der Waals surface area contributed by atoms with Gasteiger partial charge in [-0.05, 0) is 67.0 Å². The Labute approximate surface area is 147 Å². The molecule has 1 aliphatic carbocycles. The summed E-state index contributed by atoms with van der Waals surface area (Å²) < 4.78 is 0. The van der Waals surface area contributed by atoms with Crippen LogP contribution in [0.1, 0.15) is 37.3 Å². The lowest BCUT2D eigenvalue weighted by Crippen LogP contribution is -2.30. The van der Waals surface area contributed by atoms with E-state index in [1.165, 1.54) is 10.5 Å². The van der Waals surface area contributed by atoms with E-state index in [1.807, 2.05) is 36.4 Å². The molecule has 0 unspecified atom stereocenters. The summed E-state index contributed by atoms with van der Waals surface area (Å²) in [5, 5.41) is 0. The number of amides is 2. The molecule has 25 heavy (non-hydrogen) atoms. The SMILES string of the molecule is C[C@@H]1CC[C@@H]2C(=O)N(c3ccc(Cc4ccncc4)cc3)C(=O)[C@H]2C1. The van der Waals surface area contributed by atoms with Crippen LogP contribution in [0.25, 0.3) is 0 Å². The van der Waals surface area contributed by atoms with Gasteiger partial charge < -0.3 is 0 Å². The molecule has 1 saturated carbocycles. The average molecular weight is 334 g/mol. The molecular formula is C21H22N2O2. The quantitative estimate of drug-likeness (QED) is 0.806. The molecule has 1 aromatic carbocycles. The monoisotopic (exact) mass is 334 g/mol. The summed E-state index contributed by atoms with van der Waals surface area (Å²) in [4.78, 5) is 31.0. The lowest BCUT2D eigenvalue weighted by Gasteiger charge is -2.25. The number of anilines is 1. The van der Waals surface area contributed by atoms with E-state index in [0.29, 0.717) is 11.6 Å². The van der Waals surface area contributed by atoms with Crippen LogP contribution in [0.5, 0.6) is 0 Å². The van der Waals surface area contributed by atoms with Crippen molar-refractivity contribution >= 4 is 17.5 Å². The van der Waals surface area contributed by atoms with E-state index in [-0.39, 0.29) is 23.7 Å². The van der Waals surface area contributed by atoms with Gasteiger partial charge in [0.25, 0.3) is 0 Å². The van der Waals surface area contributed by atoms with Crippen LogP contribution >= 0.6 is 0 Å². The fraction of sp³-hybridized carbons (Fsp3) is 0.381. The number of carbonyl (C=O) groups is 2. The van der Waals surface area contributed by atoms with Gasteiger partial charge in [0.05, 0.1) is 17.5 Å². The molecule has 2 amide bonds. The molecule has 4 heteroatoms. The van der Waals surface area contributed by atoms with Crippen molar-refractivity contribution in [2.45, 2.75) is 32.6 Å². The standard InChI is InChI=1S/C21H22N2O2/c1-14-2-7-18-19(12-14)21(25)23(20(18)24)17-5-3-15(4-6-17)13-16-8-10-22-11-9-16/h3-6,8-11,14,18-19H,2,7,12-13H2,1H3/t14-,18+,19+/m1/s1. The highest BCUT2D eigenvalue weighted by atomic mass is 16.2. The van der Waals surface area contributed by atoms with Gasteiger partial charge in [-0.2, -0.15) is 0 Å². The van der Waals surface area contributed by atoms with Crippen molar-refractivity contribution in [1.82, 2.24) is 4.98 Å². The van der Waals surface area contributed by atoms with Crippen LogP contribution in [0, 0.1) is 17.8 Å². The summed E-state index contributed by atoms with van der Waals surface area (Å²) in [5.74, 6) is 0.279. The Morgan fingerprint density at radius 1 is 0.920 bits per heavy atom. The summed E-state index contributed by atoms with van der Waals surface area (Å²) in [6.07, 6.45) is 7.10. The first-order valence-corrected chi connectivity index (χ1v) is 8.99. The number of imide groups is 1. The van der Waals surface area contributed by atoms with Crippen LogP contribution in [-0.4, -0.2) is 16.8 Å². The maximum Gasteiger partial charge on any atom is 0.237 e. The second-order valence-corrected chi connectivity index (χ2v) is 7.34. The molecule has 1 saturated heterocycles. The smallest absolute Gasteiger partial charge is 0.237 e. The third-order valence-electron chi connectivity index (χ3n) is 5.54. The number of fused-ring (bicyclic) bond motifs is 1. The first kappa shape index (κ1) is 16.0. The average Bonchev–Trinajstić information content (AvgIpc) is 2.87. The van der Waals surface area contributed by atoms with Gasteiger partial charge in [-0.3, -0.25) is 19.5 Å². The molecule has 2 heterocycles. The lowest BCUT2D eigenvalue weighted by atomic mass is 9.76. The Morgan fingerprint density at radius 3 is 2.28 bits per heavy atom. The number of hydrogen-bond donors (Lipinski definition) is 0. The van der Waals surface area contributed by atoms with E-state index < -0.39 is 0 Å². The molecule has 3 atom stereocenters. The van der Waals surface area contributed by atoms with Crippen molar-refractivity contribution in [2.75, 3.05) is 4.90 Å². The van der Waals surface area contributed by atoms with Crippen molar-refractivity contribution in [3.63, 3.8) is 0 Å². The van der Waals surface area contributed by atoms with Gasteiger partial charge in [-0.1, -0.05) is 19.1 Å². The van der Waals surface area contributed by atoms with Crippen molar-refractivity contribution in [3.8, 4) is 0 Å². The van der Waals surface area contributed by atoms with Crippen molar-refractivity contribution in [2.24, 2.45) is 17.8 Å². The number of rotatable bonds is 3. The second kappa shape index (κ2) is 6.43. The largest absolute Gasteiger partial charge is 0.274 e. The van der Waals surface area contributed by atoms with Crippen LogP contribution in [-0.2, 0) is 16.0 Å². The molecule has 0 N–H and O–H groups in total. The summed E-state index contributed by atoms with van der Waals surface area (Å²) in [6, 6.07) is 11.8. The van der Waals surface area contributed by atoms with Crippen LogP contribution in [0.15, 0.2) is 48.8 Å². The predicted octanol–water partition coefficient (Wildman–Crippen LogP) is 3.60. The second-order valence-electron chi connectivity index (χ2n) is 7.34. The van der Waals surface area contributed by atoms with E-state index in [2.05, 4.69) is 11.9 Å². The van der Waals surface area contributed by atoms with Crippen molar-refractivity contribution in [3.05, 3.63) is 59.9 Å². The minimum atomic E-state index is -0.118. The third-order valence-corrected chi connectivity index (χ3v) is 5.54. The molecular weight excluding hydrogens is 312 g/mol. The van der Waals surface area contributed by atoms with Gasteiger partial charge in [0.1, 0.15) is 0 Å². The van der Waals surface area contributed by atoms with Gasteiger partial charge in [0, 0.05) is 12.4 Å². The molecule has 1 aromatic heterocycles. The maximum absolute atomic E-state index is 12.8. The molecule has 4 rings (SSSR count). The Hall–Kier alpha value is -2.49. The number of carbonyl (C=O) groups excluding carboxylic acids is 2. The highest BCUT2D eigenvalue weighted by Gasteiger charge is 2.49. The van der Waals surface area contributed by atoms with E-state index >= 15 is 0 Å². The number of benzene rings is 1. The van der Waals surface area contributed by atoms with Crippen molar-refractivity contribution in [1.29, 1.82) is 0 Å². The Morgan fingerprint density at radius 2 is 1.56 bits per heavy atom. The molecule has 2 aliphatic rings. The highest BCUT2D eigenvalue weighted by Crippen LogP contribution is 2.42. The zero-order valence-electron chi connectivity index (χ0n) is 14.4. The normalized spacial score (nSPS) is 26.0. The Kier molecular flexibility index (Phi) is 4.12. The summed E-state index contributed by atoms with van der Waals surface area (Å²) in [7, 11) is 0. The number of pyridine rings is 1. The third kappa shape index (κ3) is 2.97. The summed E-state index contributed by atoms with van der Waals surface area (Å²) in [6.45, 7) is 2.17. The zero-order chi connectivity index (χ0) is 17.4. The molecule has 1 aliphatic heterocycles. The lowest BCUT2D eigenvalue weighted by molar-refractivity contribution is -0.122. The van der Waals surface area contributed by atoms with E-state index in [1.54, 1.807) is 12.4 Å². The van der Waals surface area contributed by atoms with Crippen LogP contribution in [0.2, 0.25) is 0 Å². The van der Waals surface area contributed by atoms with Crippen LogP contribution < -0.4 is 4.90 Å². The van der Waals surface area contributed by atoms with E-state index in [9.17, 15) is 9.59 Å². The first-order chi connectivity index (χ1) is 12.1. The molecule has 0 bridgehead atoms. The number of nitrogens with zero attached hydrogens (tertiary/aromatic N) is 2. The number of hydrogen-bond acceptors (Lipinski definition) is 3. The van der Waals surface area contributed by atoms with Gasteiger partial charge >= 0.3 is 0 Å². The minimum absolute atomic E-state index is 0.0104. The van der Waals surface area contributed by atoms with E-state index in [0.717, 1.165) is 31.2 Å². The van der Waals surface area contributed by atoms with Crippen LogP contribution in [0.4, 0.5) is 5.69 Å². The minimum Gasteiger partial charge on any atom is -0.274 e. The van der Waals surface area contributed by atoms with Crippen molar-refractivity contribution < 1.29 is 9.59 Å². The Balaban J connectivity index is 1.54. The fourth-order valence-corrected chi connectivity index (χ4v) is 4.14. The molecule has 2 fully saturated rings.